The normalized spacial score (nSPS) is 34.3. The molecule has 2 fully saturated rings. The van der Waals surface area contributed by atoms with Crippen LogP contribution in [0.4, 0.5) is 0 Å². The lowest BCUT2D eigenvalue weighted by Gasteiger charge is -2.27. The van der Waals surface area contributed by atoms with Crippen molar-refractivity contribution in [2.24, 2.45) is 5.92 Å². The van der Waals surface area contributed by atoms with Crippen molar-refractivity contribution in [3.05, 3.63) is 0 Å². The highest BCUT2D eigenvalue weighted by Crippen LogP contribution is 2.23. The lowest BCUT2D eigenvalue weighted by molar-refractivity contribution is -0.135. The zero-order valence-electron chi connectivity index (χ0n) is 10.4. The van der Waals surface area contributed by atoms with Gasteiger partial charge in [0.15, 0.2) is 0 Å². The molecular weight excluding hydrogens is 218 g/mol. The second kappa shape index (κ2) is 6.36. The van der Waals surface area contributed by atoms with E-state index in [1.54, 1.807) is 0 Å². The van der Waals surface area contributed by atoms with Crippen molar-refractivity contribution in [2.45, 2.75) is 57.2 Å². The number of aliphatic hydroxyl groups excluding tert-OH is 1. The fourth-order valence-electron chi connectivity index (χ4n) is 2.75. The maximum atomic E-state index is 11.8. The summed E-state index contributed by atoms with van der Waals surface area (Å²) in [7, 11) is 0. The summed E-state index contributed by atoms with van der Waals surface area (Å²) in [5.41, 5.74) is 0. The molecule has 3 unspecified atom stereocenters. The highest BCUT2D eigenvalue weighted by atomic mass is 16.5. The van der Waals surface area contributed by atoms with E-state index in [1.807, 2.05) is 0 Å². The van der Waals surface area contributed by atoms with Gasteiger partial charge in [-0.2, -0.15) is 0 Å². The quantitative estimate of drug-likeness (QED) is 0.781. The number of carbonyl (C=O) groups is 1. The molecule has 2 rings (SSSR count). The molecule has 2 N–H and O–H groups in total. The summed E-state index contributed by atoms with van der Waals surface area (Å²) < 4.78 is 5.44. The molecule has 4 heteroatoms. The summed E-state index contributed by atoms with van der Waals surface area (Å²) in [5.74, 6) is 0.469. The van der Waals surface area contributed by atoms with Crippen LogP contribution >= 0.6 is 0 Å². The number of nitrogens with one attached hydrogen (secondary N) is 1. The largest absolute Gasteiger partial charge is 0.393 e. The lowest BCUT2D eigenvalue weighted by atomic mass is 9.87. The average molecular weight is 241 g/mol. The molecule has 4 nitrogen and oxygen atoms in total. The second-order valence-corrected chi connectivity index (χ2v) is 5.29. The molecule has 0 aromatic rings. The molecule has 17 heavy (non-hydrogen) atoms. The van der Waals surface area contributed by atoms with E-state index in [-0.39, 0.29) is 18.1 Å². The van der Waals surface area contributed by atoms with Crippen molar-refractivity contribution in [1.82, 2.24) is 5.32 Å². The van der Waals surface area contributed by atoms with Gasteiger partial charge in [0.2, 0.25) is 5.91 Å². The molecule has 98 valence electrons. The maximum absolute atomic E-state index is 11.8. The van der Waals surface area contributed by atoms with Crippen LogP contribution in [-0.2, 0) is 9.53 Å². The van der Waals surface area contributed by atoms with Gasteiger partial charge in [-0.05, 0) is 44.4 Å². The summed E-state index contributed by atoms with van der Waals surface area (Å²) in [5, 5.41) is 12.5. The first-order chi connectivity index (χ1) is 8.25. The average Bonchev–Trinajstić information content (AvgIpc) is 2.37. The molecule has 0 spiro atoms. The zero-order valence-corrected chi connectivity index (χ0v) is 10.4. The van der Waals surface area contributed by atoms with E-state index in [0.29, 0.717) is 19.1 Å². The topological polar surface area (TPSA) is 58.6 Å². The van der Waals surface area contributed by atoms with E-state index in [2.05, 4.69) is 5.32 Å². The van der Waals surface area contributed by atoms with Gasteiger partial charge in [-0.15, -0.1) is 0 Å². The number of hydrogen-bond acceptors (Lipinski definition) is 3. The van der Waals surface area contributed by atoms with Gasteiger partial charge in [0.05, 0.1) is 6.10 Å². The summed E-state index contributed by atoms with van der Waals surface area (Å²) in [6.07, 6.45) is 6.51. The molecule has 1 aliphatic carbocycles. The Balaban J connectivity index is 1.68. The number of ether oxygens (including phenoxy) is 1. The van der Waals surface area contributed by atoms with Crippen LogP contribution in [0.15, 0.2) is 0 Å². The van der Waals surface area contributed by atoms with Gasteiger partial charge in [-0.1, -0.05) is 6.42 Å². The summed E-state index contributed by atoms with van der Waals surface area (Å²) in [6, 6.07) is 0. The molecule has 0 radical (unpaired) electrons. The van der Waals surface area contributed by atoms with Gasteiger partial charge >= 0.3 is 0 Å². The third-order valence-corrected chi connectivity index (χ3v) is 3.79. The van der Waals surface area contributed by atoms with Gasteiger partial charge in [-0.3, -0.25) is 4.79 Å². The van der Waals surface area contributed by atoms with E-state index in [4.69, 9.17) is 4.74 Å². The molecule has 0 aromatic heterocycles. The number of hydrogen-bond donors (Lipinski definition) is 2. The third kappa shape index (κ3) is 3.96. The molecular formula is C13H23NO3. The first-order valence-corrected chi connectivity index (χ1v) is 6.83. The lowest BCUT2D eigenvalue weighted by Crippen LogP contribution is -2.41. The first kappa shape index (κ1) is 12.8. The minimum Gasteiger partial charge on any atom is -0.393 e. The van der Waals surface area contributed by atoms with Gasteiger partial charge in [0.1, 0.15) is 6.10 Å². The number of aliphatic hydroxyl groups is 1. The fourth-order valence-corrected chi connectivity index (χ4v) is 2.75. The standard InChI is InChI=1S/C13H23NO3/c15-11-5-3-4-10(8-11)9-14-13(16)12-6-1-2-7-17-12/h10-12,15H,1-9H2,(H,14,16). The Morgan fingerprint density at radius 1 is 1.24 bits per heavy atom. The predicted molar refractivity (Wildman–Crippen MR) is 64.6 cm³/mol. The Kier molecular flexibility index (Phi) is 4.80. The zero-order chi connectivity index (χ0) is 12.1. The van der Waals surface area contributed by atoms with Gasteiger partial charge in [-0.25, -0.2) is 0 Å². The van der Waals surface area contributed by atoms with E-state index < -0.39 is 0 Å². The van der Waals surface area contributed by atoms with Crippen molar-refractivity contribution in [3.63, 3.8) is 0 Å². The fraction of sp³-hybridized carbons (Fsp3) is 0.923. The second-order valence-electron chi connectivity index (χ2n) is 5.29. The van der Waals surface area contributed by atoms with Gasteiger partial charge in [0.25, 0.3) is 0 Å². The highest BCUT2D eigenvalue weighted by Gasteiger charge is 2.24. The molecule has 3 atom stereocenters. The minimum atomic E-state index is -0.239. The molecule has 1 saturated carbocycles. The Morgan fingerprint density at radius 3 is 2.82 bits per heavy atom. The Labute approximate surface area is 103 Å². The van der Waals surface area contributed by atoms with Crippen molar-refractivity contribution < 1.29 is 14.6 Å². The van der Waals surface area contributed by atoms with E-state index in [0.717, 1.165) is 44.9 Å². The number of carbonyl (C=O) groups excluding carboxylic acids is 1. The summed E-state index contributed by atoms with van der Waals surface area (Å²) in [4.78, 5) is 11.8. The maximum Gasteiger partial charge on any atom is 0.249 e. The van der Waals surface area contributed by atoms with Crippen LogP contribution in [0.5, 0.6) is 0 Å². The highest BCUT2D eigenvalue weighted by molar-refractivity contribution is 5.80. The molecule has 0 bridgehead atoms. The van der Waals surface area contributed by atoms with Crippen LogP contribution in [-0.4, -0.2) is 36.4 Å². The number of rotatable bonds is 3. The molecule has 1 saturated heterocycles. The molecule has 2 aliphatic rings. The van der Waals surface area contributed by atoms with E-state index in [1.165, 1.54) is 0 Å². The summed E-state index contributed by atoms with van der Waals surface area (Å²) in [6.45, 7) is 1.40. The molecule has 1 aliphatic heterocycles. The smallest absolute Gasteiger partial charge is 0.249 e. The SMILES string of the molecule is O=C(NCC1CCCC(O)C1)C1CCCCO1. The van der Waals surface area contributed by atoms with Crippen LogP contribution in [0.2, 0.25) is 0 Å². The van der Waals surface area contributed by atoms with Crippen molar-refractivity contribution in [2.75, 3.05) is 13.2 Å². The van der Waals surface area contributed by atoms with Crippen LogP contribution in [0, 0.1) is 5.92 Å². The first-order valence-electron chi connectivity index (χ1n) is 6.83. The Bertz CT molecular complexity index is 251. The van der Waals surface area contributed by atoms with E-state index in [9.17, 15) is 9.90 Å². The van der Waals surface area contributed by atoms with Gasteiger partial charge in [0, 0.05) is 13.2 Å². The molecule has 0 aromatic carbocycles. The van der Waals surface area contributed by atoms with E-state index >= 15 is 0 Å². The third-order valence-electron chi connectivity index (χ3n) is 3.79. The van der Waals surface area contributed by atoms with Crippen molar-refractivity contribution in [1.29, 1.82) is 0 Å². The van der Waals surface area contributed by atoms with Crippen LogP contribution in [0.25, 0.3) is 0 Å². The predicted octanol–water partition coefficient (Wildman–Crippen LogP) is 1.22. The Hall–Kier alpha value is -0.610. The van der Waals surface area contributed by atoms with Crippen LogP contribution < -0.4 is 5.32 Å². The molecule has 1 amide bonds. The van der Waals surface area contributed by atoms with Crippen molar-refractivity contribution in [3.8, 4) is 0 Å². The molecule has 1 heterocycles. The van der Waals surface area contributed by atoms with Crippen molar-refractivity contribution >= 4 is 5.91 Å². The minimum absolute atomic E-state index is 0.0322. The van der Waals surface area contributed by atoms with Gasteiger partial charge < -0.3 is 15.2 Å². The Morgan fingerprint density at radius 2 is 2.12 bits per heavy atom. The van der Waals surface area contributed by atoms with Crippen LogP contribution in [0.3, 0.4) is 0 Å². The number of amides is 1. The van der Waals surface area contributed by atoms with Crippen LogP contribution in [0.1, 0.15) is 44.9 Å². The summed E-state index contributed by atoms with van der Waals surface area (Å²) >= 11 is 0. The monoisotopic (exact) mass is 241 g/mol.